The van der Waals surface area contributed by atoms with Crippen molar-refractivity contribution in [2.24, 2.45) is 0 Å². The highest BCUT2D eigenvalue weighted by molar-refractivity contribution is 5.78. The SMILES string of the molecule is CCOc1ccc(CC(=O)OC)cc1-c1ccc(F)c2c1CN(OC(=O)Oc1cnccn1)CC2. The van der Waals surface area contributed by atoms with E-state index >= 15 is 0 Å². The van der Waals surface area contributed by atoms with Crippen molar-refractivity contribution in [1.82, 2.24) is 15.0 Å². The number of hydrogen-bond acceptors (Lipinski definition) is 9. The lowest BCUT2D eigenvalue weighted by Gasteiger charge is -2.29. The van der Waals surface area contributed by atoms with Gasteiger partial charge in [0.25, 0.3) is 0 Å². The lowest BCUT2D eigenvalue weighted by molar-refractivity contribution is -0.139. The molecule has 0 unspecified atom stereocenters. The second-order valence-electron chi connectivity index (χ2n) is 7.67. The minimum Gasteiger partial charge on any atom is -0.493 e. The molecular weight excluding hydrogens is 457 g/mol. The van der Waals surface area contributed by atoms with Crippen LogP contribution in [0.2, 0.25) is 0 Å². The van der Waals surface area contributed by atoms with Gasteiger partial charge in [-0.05, 0) is 53.8 Å². The number of carbonyl (C=O) groups excluding carboxylic acids is 2. The molecule has 0 fully saturated rings. The topological polar surface area (TPSA) is 100 Å². The molecule has 4 rings (SSSR count). The van der Waals surface area contributed by atoms with Crippen molar-refractivity contribution < 1.29 is 33.0 Å². The third-order valence-corrected chi connectivity index (χ3v) is 5.46. The van der Waals surface area contributed by atoms with Gasteiger partial charge in [0.15, 0.2) is 0 Å². The number of fused-ring (bicyclic) bond motifs is 1. The Kier molecular flexibility index (Phi) is 7.51. The van der Waals surface area contributed by atoms with Gasteiger partial charge >= 0.3 is 12.1 Å². The van der Waals surface area contributed by atoms with Crippen LogP contribution >= 0.6 is 0 Å². The summed E-state index contributed by atoms with van der Waals surface area (Å²) in [6.45, 7) is 2.70. The Bertz CT molecular complexity index is 1220. The summed E-state index contributed by atoms with van der Waals surface area (Å²) in [5.74, 6) is -0.114. The van der Waals surface area contributed by atoms with Crippen LogP contribution in [-0.4, -0.2) is 47.4 Å². The fraction of sp³-hybridized carbons (Fsp3) is 0.280. The Labute approximate surface area is 201 Å². The summed E-state index contributed by atoms with van der Waals surface area (Å²) < 4.78 is 30.4. The Morgan fingerprint density at radius 3 is 2.71 bits per heavy atom. The van der Waals surface area contributed by atoms with Crippen molar-refractivity contribution in [1.29, 1.82) is 0 Å². The maximum atomic E-state index is 14.7. The molecule has 0 N–H and O–H groups in total. The molecule has 0 bridgehead atoms. The number of halogens is 1. The number of methoxy groups -OCH3 is 1. The van der Waals surface area contributed by atoms with Crippen LogP contribution in [0.1, 0.15) is 23.6 Å². The molecule has 0 spiro atoms. The Morgan fingerprint density at radius 1 is 1.11 bits per heavy atom. The van der Waals surface area contributed by atoms with E-state index in [0.717, 1.165) is 5.56 Å². The van der Waals surface area contributed by atoms with Gasteiger partial charge < -0.3 is 19.0 Å². The van der Waals surface area contributed by atoms with Gasteiger partial charge in [0.05, 0.1) is 32.9 Å². The van der Waals surface area contributed by atoms with Crippen molar-refractivity contribution in [3.63, 3.8) is 0 Å². The number of esters is 1. The van der Waals surface area contributed by atoms with Gasteiger partial charge in [0.1, 0.15) is 11.6 Å². The van der Waals surface area contributed by atoms with Crippen LogP contribution in [0.4, 0.5) is 9.18 Å². The molecule has 1 aliphatic heterocycles. The van der Waals surface area contributed by atoms with E-state index in [1.54, 1.807) is 18.2 Å². The number of nitrogens with zero attached hydrogens (tertiary/aromatic N) is 3. The highest BCUT2D eigenvalue weighted by atomic mass is 19.1. The predicted octanol–water partition coefficient (Wildman–Crippen LogP) is 3.89. The highest BCUT2D eigenvalue weighted by Gasteiger charge is 2.27. The van der Waals surface area contributed by atoms with E-state index < -0.39 is 6.16 Å². The third-order valence-electron chi connectivity index (χ3n) is 5.46. The number of carbonyl (C=O) groups is 2. The van der Waals surface area contributed by atoms with Crippen LogP contribution in [0, 0.1) is 5.82 Å². The molecule has 1 aromatic heterocycles. The maximum absolute atomic E-state index is 14.7. The van der Waals surface area contributed by atoms with Crippen molar-refractivity contribution in [3.05, 3.63) is 71.4 Å². The van der Waals surface area contributed by atoms with E-state index in [1.165, 1.54) is 36.8 Å². The highest BCUT2D eigenvalue weighted by Crippen LogP contribution is 2.38. The number of hydrogen-bond donors (Lipinski definition) is 0. The first-order valence-electron chi connectivity index (χ1n) is 11.0. The molecule has 1 aliphatic rings. The fourth-order valence-electron chi connectivity index (χ4n) is 3.90. The van der Waals surface area contributed by atoms with Crippen LogP contribution < -0.4 is 9.47 Å². The van der Waals surface area contributed by atoms with Crippen molar-refractivity contribution >= 4 is 12.1 Å². The normalized spacial score (nSPS) is 13.0. The number of benzene rings is 2. The van der Waals surface area contributed by atoms with E-state index in [-0.39, 0.29) is 37.2 Å². The van der Waals surface area contributed by atoms with E-state index in [1.807, 2.05) is 13.0 Å². The molecule has 2 aromatic carbocycles. The van der Waals surface area contributed by atoms with Crippen LogP contribution in [0.25, 0.3) is 11.1 Å². The fourth-order valence-corrected chi connectivity index (χ4v) is 3.90. The van der Waals surface area contributed by atoms with Crippen LogP contribution in [0.5, 0.6) is 11.6 Å². The number of rotatable bonds is 7. The third kappa shape index (κ3) is 5.72. The molecule has 0 amide bonds. The van der Waals surface area contributed by atoms with Crippen LogP contribution in [0.3, 0.4) is 0 Å². The number of aromatic nitrogens is 2. The molecule has 35 heavy (non-hydrogen) atoms. The monoisotopic (exact) mass is 481 g/mol. The van der Waals surface area contributed by atoms with Gasteiger partial charge in [-0.15, -0.1) is 5.06 Å². The van der Waals surface area contributed by atoms with Crippen LogP contribution in [0.15, 0.2) is 48.9 Å². The molecule has 0 saturated heterocycles. The maximum Gasteiger partial charge on any atom is 0.534 e. The Balaban J connectivity index is 1.63. The molecule has 3 aromatic rings. The van der Waals surface area contributed by atoms with E-state index in [4.69, 9.17) is 19.0 Å². The Hall–Kier alpha value is -4.05. The smallest absolute Gasteiger partial charge is 0.493 e. The zero-order valence-corrected chi connectivity index (χ0v) is 19.3. The van der Waals surface area contributed by atoms with Crippen molar-refractivity contribution in [2.75, 3.05) is 20.3 Å². The molecule has 0 atom stereocenters. The number of hydroxylamine groups is 2. The van der Waals surface area contributed by atoms with Gasteiger partial charge in [0, 0.05) is 24.5 Å². The number of ether oxygens (including phenoxy) is 3. The standard InChI is InChI=1S/C25H24FN3O6/c1-3-33-22-7-4-16(13-24(30)32-2)12-19(22)17-5-6-21(26)18-8-11-29(15-20(17)18)35-25(31)34-23-14-27-9-10-28-23/h4-7,9-10,12,14H,3,8,11,13,15H2,1-2H3. The molecule has 0 aliphatic carbocycles. The van der Waals surface area contributed by atoms with E-state index in [2.05, 4.69) is 9.97 Å². The van der Waals surface area contributed by atoms with Crippen LogP contribution in [-0.2, 0) is 33.8 Å². The van der Waals surface area contributed by atoms with Crippen molar-refractivity contribution in [2.45, 2.75) is 26.3 Å². The predicted molar refractivity (Wildman–Crippen MR) is 122 cm³/mol. The van der Waals surface area contributed by atoms with Gasteiger partial charge in [-0.25, -0.2) is 14.2 Å². The molecule has 2 heterocycles. The summed E-state index contributed by atoms with van der Waals surface area (Å²) in [7, 11) is 1.33. The zero-order chi connectivity index (χ0) is 24.8. The summed E-state index contributed by atoms with van der Waals surface area (Å²) in [5.41, 5.74) is 3.33. The summed E-state index contributed by atoms with van der Waals surface area (Å²) in [6, 6.07) is 8.48. The average molecular weight is 481 g/mol. The van der Waals surface area contributed by atoms with Gasteiger partial charge in [-0.3, -0.25) is 9.78 Å². The molecule has 0 saturated carbocycles. The minimum atomic E-state index is -0.970. The lowest BCUT2D eigenvalue weighted by Crippen LogP contribution is -2.34. The van der Waals surface area contributed by atoms with Gasteiger partial charge in [0.2, 0.25) is 5.88 Å². The first kappa shape index (κ1) is 24.1. The zero-order valence-electron chi connectivity index (χ0n) is 19.3. The van der Waals surface area contributed by atoms with E-state index in [0.29, 0.717) is 41.0 Å². The largest absolute Gasteiger partial charge is 0.534 e. The van der Waals surface area contributed by atoms with Gasteiger partial charge in [-0.1, -0.05) is 12.1 Å². The Morgan fingerprint density at radius 2 is 1.97 bits per heavy atom. The first-order chi connectivity index (χ1) is 17.0. The van der Waals surface area contributed by atoms with E-state index in [9.17, 15) is 14.0 Å². The second-order valence-corrected chi connectivity index (χ2v) is 7.67. The van der Waals surface area contributed by atoms with Gasteiger partial charge in [-0.2, -0.15) is 0 Å². The first-order valence-corrected chi connectivity index (χ1v) is 11.0. The minimum absolute atomic E-state index is 0.00502. The second kappa shape index (κ2) is 10.9. The van der Waals surface area contributed by atoms with Crippen molar-refractivity contribution in [3.8, 4) is 22.8 Å². The summed E-state index contributed by atoms with van der Waals surface area (Å²) in [5, 5.41) is 1.41. The summed E-state index contributed by atoms with van der Waals surface area (Å²) >= 11 is 0. The molecule has 10 heteroatoms. The average Bonchev–Trinajstić information content (AvgIpc) is 2.86. The quantitative estimate of drug-likeness (QED) is 0.465. The molecule has 9 nitrogen and oxygen atoms in total. The summed E-state index contributed by atoms with van der Waals surface area (Å²) in [6.07, 6.45) is 3.56. The molecule has 182 valence electrons. The summed E-state index contributed by atoms with van der Waals surface area (Å²) in [4.78, 5) is 37.1. The molecular formula is C25H24FN3O6. The lowest BCUT2D eigenvalue weighted by atomic mass is 9.90. The molecule has 0 radical (unpaired) electrons.